The highest BCUT2D eigenvalue weighted by molar-refractivity contribution is 5.96. The van der Waals surface area contributed by atoms with Gasteiger partial charge in [-0.05, 0) is 117 Å². The number of carbonyl (C=O) groups is 1. The molecular weight excluding hydrogens is 486 g/mol. The SMILES string of the molecule is COc1cccc(-c2cc(C(=O)NC3CCC(c4ccc(OC5CCC(C)CC5)cc4)CC3)ccc2OC)c1. The van der Waals surface area contributed by atoms with Gasteiger partial charge in [0.2, 0.25) is 0 Å². The molecule has 0 spiro atoms. The maximum Gasteiger partial charge on any atom is 0.251 e. The molecule has 0 aliphatic heterocycles. The first-order chi connectivity index (χ1) is 19.0. The van der Waals surface area contributed by atoms with Crippen molar-refractivity contribution in [3.05, 3.63) is 77.9 Å². The van der Waals surface area contributed by atoms with E-state index >= 15 is 0 Å². The summed E-state index contributed by atoms with van der Waals surface area (Å²) in [5.74, 6) is 3.81. The zero-order valence-electron chi connectivity index (χ0n) is 23.5. The van der Waals surface area contributed by atoms with Crippen LogP contribution in [-0.4, -0.2) is 32.3 Å². The summed E-state index contributed by atoms with van der Waals surface area (Å²) in [5, 5.41) is 3.28. The molecule has 0 radical (unpaired) electrons. The third kappa shape index (κ3) is 6.76. The highest BCUT2D eigenvalue weighted by Crippen LogP contribution is 2.36. The number of benzene rings is 3. The third-order valence-corrected chi connectivity index (χ3v) is 8.52. The summed E-state index contributed by atoms with van der Waals surface area (Å²) >= 11 is 0. The van der Waals surface area contributed by atoms with Crippen molar-refractivity contribution in [3.63, 3.8) is 0 Å². The molecule has 206 valence electrons. The predicted molar refractivity (Wildman–Crippen MR) is 156 cm³/mol. The minimum atomic E-state index is -0.0381. The van der Waals surface area contributed by atoms with Crippen LogP contribution in [-0.2, 0) is 0 Å². The lowest BCUT2D eigenvalue weighted by molar-refractivity contribution is 0.0925. The molecule has 39 heavy (non-hydrogen) atoms. The Balaban J connectivity index is 1.16. The van der Waals surface area contributed by atoms with E-state index < -0.39 is 0 Å². The van der Waals surface area contributed by atoms with E-state index in [1.165, 1.54) is 18.4 Å². The van der Waals surface area contributed by atoms with Crippen LogP contribution in [0, 0.1) is 5.92 Å². The van der Waals surface area contributed by atoms with E-state index in [4.69, 9.17) is 14.2 Å². The third-order valence-electron chi connectivity index (χ3n) is 8.52. The summed E-state index contributed by atoms with van der Waals surface area (Å²) in [6.45, 7) is 2.34. The molecule has 3 aromatic rings. The van der Waals surface area contributed by atoms with Crippen LogP contribution in [0.1, 0.15) is 80.1 Å². The normalized spacial score (nSPS) is 23.1. The molecule has 0 heterocycles. The van der Waals surface area contributed by atoms with E-state index in [2.05, 4.69) is 36.5 Å². The molecule has 0 bridgehead atoms. The van der Waals surface area contributed by atoms with Gasteiger partial charge in [-0.3, -0.25) is 4.79 Å². The summed E-state index contributed by atoms with van der Waals surface area (Å²) in [5.41, 5.74) is 3.84. The molecule has 2 aliphatic rings. The Bertz CT molecular complexity index is 1240. The van der Waals surface area contributed by atoms with E-state index in [0.717, 1.165) is 72.8 Å². The Morgan fingerprint density at radius 2 is 1.51 bits per heavy atom. The molecule has 2 aliphatic carbocycles. The average molecular weight is 528 g/mol. The van der Waals surface area contributed by atoms with E-state index in [-0.39, 0.29) is 11.9 Å². The smallest absolute Gasteiger partial charge is 0.251 e. The fourth-order valence-corrected chi connectivity index (χ4v) is 6.06. The molecule has 1 amide bonds. The van der Waals surface area contributed by atoms with Crippen LogP contribution >= 0.6 is 0 Å². The zero-order chi connectivity index (χ0) is 27.2. The number of hydrogen-bond donors (Lipinski definition) is 1. The second-order valence-corrected chi connectivity index (χ2v) is 11.2. The number of amides is 1. The number of methoxy groups -OCH3 is 2. The van der Waals surface area contributed by atoms with Crippen molar-refractivity contribution in [2.24, 2.45) is 5.92 Å². The highest BCUT2D eigenvalue weighted by Gasteiger charge is 2.25. The zero-order valence-corrected chi connectivity index (χ0v) is 23.5. The van der Waals surface area contributed by atoms with Crippen molar-refractivity contribution in [3.8, 4) is 28.4 Å². The highest BCUT2D eigenvalue weighted by atomic mass is 16.5. The lowest BCUT2D eigenvalue weighted by Gasteiger charge is -2.30. The van der Waals surface area contributed by atoms with Crippen LogP contribution < -0.4 is 19.5 Å². The van der Waals surface area contributed by atoms with E-state index in [0.29, 0.717) is 17.6 Å². The number of rotatable bonds is 8. The summed E-state index contributed by atoms with van der Waals surface area (Å²) in [6, 6.07) is 22.4. The summed E-state index contributed by atoms with van der Waals surface area (Å²) in [7, 11) is 3.30. The number of ether oxygens (including phenoxy) is 3. The standard InChI is InChI=1S/C34H41NO4/c1-23-7-16-29(17-8-23)39-30-18-11-25(12-19-30)24-9-14-28(15-10-24)35-34(36)27-13-20-33(38-3)32(22-27)26-5-4-6-31(21-26)37-2/h4-6,11-13,18-24,28-29H,7-10,14-17H2,1-3H3,(H,35,36). The van der Waals surface area contributed by atoms with Gasteiger partial charge >= 0.3 is 0 Å². The van der Waals surface area contributed by atoms with Crippen molar-refractivity contribution in [2.45, 2.75) is 76.4 Å². The fourth-order valence-electron chi connectivity index (χ4n) is 6.06. The minimum Gasteiger partial charge on any atom is -0.497 e. The summed E-state index contributed by atoms with van der Waals surface area (Å²) in [6.07, 6.45) is 9.33. The molecule has 0 aromatic heterocycles. The molecule has 0 unspecified atom stereocenters. The van der Waals surface area contributed by atoms with Gasteiger partial charge in [0.15, 0.2) is 0 Å². The van der Waals surface area contributed by atoms with Gasteiger partial charge in [0.25, 0.3) is 5.91 Å². The van der Waals surface area contributed by atoms with Crippen molar-refractivity contribution < 1.29 is 19.0 Å². The van der Waals surface area contributed by atoms with Crippen LogP contribution in [0.15, 0.2) is 66.7 Å². The first-order valence-electron chi connectivity index (χ1n) is 14.4. The van der Waals surface area contributed by atoms with E-state index in [1.54, 1.807) is 14.2 Å². The monoisotopic (exact) mass is 527 g/mol. The Kier molecular flexibility index (Phi) is 8.75. The molecule has 5 heteroatoms. The largest absolute Gasteiger partial charge is 0.497 e. The Labute approximate surface area is 232 Å². The van der Waals surface area contributed by atoms with Crippen LogP contribution in [0.25, 0.3) is 11.1 Å². The minimum absolute atomic E-state index is 0.0381. The quantitative estimate of drug-likeness (QED) is 0.325. The molecule has 1 N–H and O–H groups in total. The van der Waals surface area contributed by atoms with Gasteiger partial charge in [0, 0.05) is 17.2 Å². The number of hydrogen-bond acceptors (Lipinski definition) is 4. The molecule has 0 atom stereocenters. The molecular formula is C34H41NO4. The summed E-state index contributed by atoms with van der Waals surface area (Å²) < 4.78 is 17.2. The van der Waals surface area contributed by atoms with Gasteiger partial charge in [0.05, 0.1) is 20.3 Å². The van der Waals surface area contributed by atoms with Crippen molar-refractivity contribution in [1.82, 2.24) is 5.32 Å². The second kappa shape index (κ2) is 12.6. The number of nitrogens with one attached hydrogen (secondary N) is 1. The van der Waals surface area contributed by atoms with Gasteiger partial charge in [-0.15, -0.1) is 0 Å². The topological polar surface area (TPSA) is 56.8 Å². The van der Waals surface area contributed by atoms with Crippen molar-refractivity contribution in [1.29, 1.82) is 0 Å². The van der Waals surface area contributed by atoms with E-state index in [1.807, 2.05) is 42.5 Å². The Morgan fingerprint density at radius 3 is 2.21 bits per heavy atom. The van der Waals surface area contributed by atoms with Crippen LogP contribution in [0.4, 0.5) is 0 Å². The molecule has 0 saturated heterocycles. The van der Waals surface area contributed by atoms with Gasteiger partial charge in [-0.1, -0.05) is 31.2 Å². The van der Waals surface area contributed by atoms with E-state index in [9.17, 15) is 4.79 Å². The van der Waals surface area contributed by atoms with Gasteiger partial charge in [0.1, 0.15) is 17.2 Å². The van der Waals surface area contributed by atoms with Crippen molar-refractivity contribution in [2.75, 3.05) is 14.2 Å². The van der Waals surface area contributed by atoms with Crippen LogP contribution in [0.5, 0.6) is 17.2 Å². The second-order valence-electron chi connectivity index (χ2n) is 11.2. The predicted octanol–water partition coefficient (Wildman–Crippen LogP) is 7.78. The average Bonchev–Trinajstić information content (AvgIpc) is 2.99. The van der Waals surface area contributed by atoms with Gasteiger partial charge < -0.3 is 19.5 Å². The number of carbonyl (C=O) groups excluding carboxylic acids is 1. The molecule has 2 fully saturated rings. The maximum atomic E-state index is 13.2. The van der Waals surface area contributed by atoms with Crippen LogP contribution in [0.3, 0.4) is 0 Å². The molecule has 3 aromatic carbocycles. The lowest BCUT2D eigenvalue weighted by Crippen LogP contribution is -2.37. The van der Waals surface area contributed by atoms with Gasteiger partial charge in [-0.25, -0.2) is 0 Å². The van der Waals surface area contributed by atoms with Crippen molar-refractivity contribution >= 4 is 5.91 Å². The first kappa shape index (κ1) is 27.1. The molecule has 5 nitrogen and oxygen atoms in total. The Morgan fingerprint density at radius 1 is 0.769 bits per heavy atom. The van der Waals surface area contributed by atoms with Crippen LogP contribution in [0.2, 0.25) is 0 Å². The Hall–Kier alpha value is -3.47. The van der Waals surface area contributed by atoms with Gasteiger partial charge in [-0.2, -0.15) is 0 Å². The summed E-state index contributed by atoms with van der Waals surface area (Å²) in [4.78, 5) is 13.2. The fraction of sp³-hybridized carbons (Fsp3) is 0.441. The lowest BCUT2D eigenvalue weighted by atomic mass is 9.81. The maximum absolute atomic E-state index is 13.2. The molecule has 5 rings (SSSR count). The molecule has 2 saturated carbocycles. The first-order valence-corrected chi connectivity index (χ1v) is 14.4.